The second kappa shape index (κ2) is 2.65. The van der Waals surface area contributed by atoms with Crippen molar-refractivity contribution in [2.45, 2.75) is 0 Å². The fraction of sp³-hybridized carbons (Fsp3) is 0. The molecule has 1 aromatic carbocycles. The summed E-state index contributed by atoms with van der Waals surface area (Å²) in [4.78, 5) is 0. The van der Waals surface area contributed by atoms with Crippen LogP contribution in [0.1, 0.15) is 5.56 Å². The van der Waals surface area contributed by atoms with Crippen molar-refractivity contribution in [3.8, 4) is 0 Å². The van der Waals surface area contributed by atoms with Crippen molar-refractivity contribution in [2.24, 2.45) is 0 Å². The first kappa shape index (κ1) is 7.00. The van der Waals surface area contributed by atoms with E-state index in [1.54, 1.807) is 6.07 Å². The monoisotopic (exact) mass is 135 g/mol. The van der Waals surface area contributed by atoms with Crippen molar-refractivity contribution < 1.29 is 4.39 Å². The van der Waals surface area contributed by atoms with Gasteiger partial charge in [0.1, 0.15) is 0 Å². The molecule has 2 N–H and O–H groups in total. The van der Waals surface area contributed by atoms with Gasteiger partial charge in [0.25, 0.3) is 0 Å². The van der Waals surface area contributed by atoms with Gasteiger partial charge in [0.2, 0.25) is 0 Å². The Bertz CT molecular complexity index is 260. The summed E-state index contributed by atoms with van der Waals surface area (Å²) in [6.45, 7) is 0. The van der Waals surface area contributed by atoms with Gasteiger partial charge in [-0.1, -0.05) is 0 Å². The van der Waals surface area contributed by atoms with E-state index in [1.807, 2.05) is 0 Å². The molecule has 0 saturated heterocycles. The molecule has 0 aliphatic rings. The van der Waals surface area contributed by atoms with E-state index in [2.05, 4.69) is 7.49 Å². The summed E-state index contributed by atoms with van der Waals surface area (Å²) >= 11 is 0. The molecule has 50 valence electrons. The van der Waals surface area contributed by atoms with Crippen LogP contribution in [0.4, 0.5) is 10.1 Å². The Hall–Kier alpha value is -1.12. The molecule has 0 aliphatic heterocycles. The van der Waals surface area contributed by atoms with Gasteiger partial charge in [-0.05, 0) is 0 Å². The molecule has 0 fully saturated rings. The van der Waals surface area contributed by atoms with Crippen LogP contribution in [-0.4, -0.2) is 13.5 Å². The Kier molecular flexibility index (Phi) is 1.85. The molecule has 0 radical (unpaired) electrons. The van der Waals surface area contributed by atoms with Gasteiger partial charge < -0.3 is 0 Å². The molecule has 1 nitrogen and oxygen atoms in total. The van der Waals surface area contributed by atoms with Crippen molar-refractivity contribution in [1.29, 1.82) is 0 Å². The third-order valence-corrected chi connectivity index (χ3v) is 1.24. The molecular formula is C7H7BFN. The second-order valence-corrected chi connectivity index (χ2v) is 1.99. The van der Waals surface area contributed by atoms with Gasteiger partial charge in [0.05, 0.1) is 0 Å². The van der Waals surface area contributed by atoms with E-state index < -0.39 is 0 Å². The van der Waals surface area contributed by atoms with E-state index in [-0.39, 0.29) is 5.82 Å². The van der Waals surface area contributed by atoms with Crippen LogP contribution >= 0.6 is 0 Å². The predicted octanol–water partition coefficient (Wildman–Crippen LogP) is 0.459. The Morgan fingerprint density at radius 1 is 1.50 bits per heavy atom. The summed E-state index contributed by atoms with van der Waals surface area (Å²) in [6, 6.07) is 4.39. The minimum absolute atomic E-state index is 0.288. The fourth-order valence-corrected chi connectivity index (χ4v) is 0.719. The predicted molar refractivity (Wildman–Crippen MR) is 43.1 cm³/mol. The molecule has 0 aliphatic carbocycles. The van der Waals surface area contributed by atoms with E-state index in [0.717, 1.165) is 0 Å². The topological polar surface area (TPSA) is 26.0 Å². The van der Waals surface area contributed by atoms with Crippen molar-refractivity contribution in [3.05, 3.63) is 29.6 Å². The van der Waals surface area contributed by atoms with Crippen LogP contribution in [0.15, 0.2) is 18.2 Å². The number of hydrogen-bond donors (Lipinski definition) is 1. The van der Waals surface area contributed by atoms with Gasteiger partial charge in [-0.25, -0.2) is 0 Å². The number of rotatable bonds is 1. The van der Waals surface area contributed by atoms with Gasteiger partial charge in [0, 0.05) is 0 Å². The maximum atomic E-state index is 12.6. The molecule has 0 saturated carbocycles. The zero-order chi connectivity index (χ0) is 7.56. The van der Waals surface area contributed by atoms with Crippen LogP contribution in [0.2, 0.25) is 0 Å². The van der Waals surface area contributed by atoms with Crippen LogP contribution < -0.4 is 5.73 Å². The summed E-state index contributed by atoms with van der Waals surface area (Å²) in [5, 5.41) is 0. The van der Waals surface area contributed by atoms with Gasteiger partial charge in [-0.3, -0.25) is 0 Å². The third kappa shape index (κ3) is 1.24. The average Bonchev–Trinajstić information content (AvgIpc) is 1.94. The first-order chi connectivity index (χ1) is 4.74. The van der Waals surface area contributed by atoms with E-state index in [4.69, 9.17) is 5.73 Å². The van der Waals surface area contributed by atoms with Crippen molar-refractivity contribution in [2.75, 3.05) is 5.73 Å². The van der Waals surface area contributed by atoms with Crippen LogP contribution in [0.5, 0.6) is 0 Å². The molecule has 0 atom stereocenters. The number of hydrogen-bond acceptors (Lipinski definition) is 1. The molecule has 10 heavy (non-hydrogen) atoms. The van der Waals surface area contributed by atoms with E-state index in [9.17, 15) is 4.39 Å². The quantitative estimate of drug-likeness (QED) is 0.439. The molecule has 0 spiro atoms. The maximum absolute atomic E-state index is 12.6. The van der Waals surface area contributed by atoms with Crippen LogP contribution in [0.3, 0.4) is 0 Å². The number of halogens is 1. The minimum atomic E-state index is -0.288. The molecule has 0 aromatic heterocycles. The number of anilines is 1. The van der Waals surface area contributed by atoms with Crippen LogP contribution in [0, 0.1) is 5.82 Å². The van der Waals surface area contributed by atoms with Gasteiger partial charge >= 0.3 is 58.8 Å². The van der Waals surface area contributed by atoms with Gasteiger partial charge in [-0.2, -0.15) is 0 Å². The van der Waals surface area contributed by atoms with E-state index in [0.29, 0.717) is 11.3 Å². The molecule has 1 aromatic rings. The van der Waals surface area contributed by atoms with Crippen molar-refractivity contribution in [3.63, 3.8) is 0 Å². The number of nitrogens with two attached hydrogens (primary N) is 1. The summed E-state index contributed by atoms with van der Waals surface area (Å²) in [7, 11) is 3.44. The molecule has 0 unspecified atom stereocenters. The summed E-state index contributed by atoms with van der Waals surface area (Å²) in [6.07, 6.45) is 0. The molecule has 1 rings (SSSR count). The number of nitrogen functional groups attached to an aromatic ring is 1. The summed E-state index contributed by atoms with van der Waals surface area (Å²) in [5.74, 6) is 1.15. The van der Waals surface area contributed by atoms with Gasteiger partial charge in [0.15, 0.2) is 0 Å². The molecule has 0 heterocycles. The Labute approximate surface area is 59.7 Å². The Morgan fingerprint density at radius 2 is 2.20 bits per heavy atom. The third-order valence-electron chi connectivity index (χ3n) is 1.24. The second-order valence-electron chi connectivity index (χ2n) is 1.99. The number of benzene rings is 1. The van der Waals surface area contributed by atoms with Crippen molar-refractivity contribution in [1.82, 2.24) is 0 Å². The molecule has 0 amide bonds. The summed E-state index contributed by atoms with van der Waals surface area (Å²) < 4.78 is 12.6. The molecule has 0 bridgehead atoms. The van der Waals surface area contributed by atoms with E-state index >= 15 is 0 Å². The van der Waals surface area contributed by atoms with Crippen LogP contribution in [0.25, 0.3) is 0 Å². The normalized spacial score (nSPS) is 9.20. The zero-order valence-corrected chi connectivity index (χ0v) is 5.47. The van der Waals surface area contributed by atoms with Crippen LogP contribution in [-0.2, 0) is 0 Å². The SMILES string of the molecule is B=Cc1cc(N)ccc1F. The standard InChI is InChI=1S/C7H7BFN/c8-4-5-3-6(10)1-2-7(5)9/h1-4,8H,10H2. The van der Waals surface area contributed by atoms with Crippen molar-refractivity contribution >= 4 is 19.1 Å². The fourth-order valence-electron chi connectivity index (χ4n) is 0.719. The zero-order valence-electron chi connectivity index (χ0n) is 5.47. The van der Waals surface area contributed by atoms with E-state index in [1.165, 1.54) is 18.1 Å². The first-order valence-electron chi connectivity index (χ1n) is 2.91. The summed E-state index contributed by atoms with van der Waals surface area (Å²) in [5.41, 5.74) is 6.39. The average molecular weight is 135 g/mol. The Morgan fingerprint density at radius 3 is 2.70 bits per heavy atom. The molecular weight excluding hydrogens is 128 g/mol. The first-order valence-corrected chi connectivity index (χ1v) is 2.91. The molecule has 3 heteroatoms. The van der Waals surface area contributed by atoms with Gasteiger partial charge in [-0.15, -0.1) is 0 Å². The Balaban J connectivity index is 3.21.